The maximum Gasteiger partial charge on any atom is 2.00 e. The topological polar surface area (TPSA) is 329 Å². The first-order valence-electron chi connectivity index (χ1n) is 28.1. The van der Waals surface area contributed by atoms with Crippen LogP contribution in [0.1, 0.15) is 101 Å². The van der Waals surface area contributed by atoms with E-state index in [1.807, 2.05) is 72.8 Å². The number of phosphoric ester groups is 4. The van der Waals surface area contributed by atoms with Crippen molar-refractivity contribution in [2.24, 2.45) is 0 Å². The Hall–Kier alpha value is -4.70. The molecule has 0 saturated carbocycles. The van der Waals surface area contributed by atoms with Crippen molar-refractivity contribution in [3.8, 4) is 45.6 Å². The molecule has 0 fully saturated rings. The zero-order chi connectivity index (χ0) is 59.5. The van der Waals surface area contributed by atoms with Crippen molar-refractivity contribution in [3.63, 3.8) is 0 Å². The molecule has 3 aromatic heterocycles. The molecule has 4 unspecified atom stereocenters. The molecule has 2 aliphatic rings. The molecule has 0 radical (unpaired) electrons. The average Bonchev–Trinajstić information content (AvgIpc) is 2.05. The van der Waals surface area contributed by atoms with Crippen LogP contribution in [0.4, 0.5) is 0 Å². The van der Waals surface area contributed by atoms with Crippen LogP contribution >= 0.6 is 31.3 Å². The van der Waals surface area contributed by atoms with E-state index in [9.17, 15) is 37.8 Å². The zero-order valence-corrected chi connectivity index (χ0v) is 54.4. The molecule has 85 heavy (non-hydrogen) atoms. The number of fused-ring (bicyclic) bond motifs is 20. The Bertz CT molecular complexity index is 3630. The number of hydrogen-bond acceptors (Lipinski definition) is 18. The number of unbranched alkanes of at least 4 members (excludes halogenated alkanes) is 4. The monoisotopic (exact) mass is 1300 g/mol. The van der Waals surface area contributed by atoms with Crippen molar-refractivity contribution < 1.29 is 93.5 Å². The van der Waals surface area contributed by atoms with Gasteiger partial charge >= 0.3 is 50.8 Å². The molecule has 0 spiro atoms. The van der Waals surface area contributed by atoms with E-state index >= 15 is 0 Å². The first-order valence-corrected chi connectivity index (χ1v) is 34.1. The molecule has 0 amide bonds. The molecule has 5 heterocycles. The molecule has 29 heteroatoms. The van der Waals surface area contributed by atoms with Gasteiger partial charge in [0.15, 0.2) is 0 Å². The molecule has 4 atom stereocenters. The third kappa shape index (κ3) is 17.8. The molecular formula is C56H68N8O16P4Zn. The predicted molar refractivity (Wildman–Crippen MR) is 315 cm³/mol. The van der Waals surface area contributed by atoms with E-state index in [4.69, 9.17) is 76.1 Å². The van der Waals surface area contributed by atoms with Gasteiger partial charge < -0.3 is 49.5 Å². The van der Waals surface area contributed by atoms with Crippen LogP contribution in [0.5, 0.6) is 0 Å². The molecule has 24 nitrogen and oxygen atoms in total. The van der Waals surface area contributed by atoms with E-state index < -0.39 is 31.3 Å². The van der Waals surface area contributed by atoms with Crippen molar-refractivity contribution >= 4 is 75.4 Å². The van der Waals surface area contributed by atoms with Crippen molar-refractivity contribution in [2.75, 3.05) is 52.9 Å². The SMILES string of the molecule is CCOP(=O)(O)OCCCCc1ccc2c(c1)-c1nc-2nc2[n-]c(nc3nc(nc4[n-]c(n1)c1ccc(CCCCOP(=O)(O)OCC)cc41)-c1ccc(CCCCOP(=O)(O)OCC)cc1-3)c1ccc(CCCCOP(=O)(O)OCC)cc21.[Zn+2]. The molecule has 7 aromatic rings. The van der Waals surface area contributed by atoms with E-state index in [-0.39, 0.29) is 72.3 Å². The van der Waals surface area contributed by atoms with Gasteiger partial charge in [0.05, 0.1) is 76.2 Å². The van der Waals surface area contributed by atoms with Crippen molar-refractivity contribution in [1.82, 2.24) is 39.9 Å². The number of aromatic nitrogens is 8. The average molecular weight is 1300 g/mol. The Morgan fingerprint density at radius 3 is 0.918 bits per heavy atom. The van der Waals surface area contributed by atoms with Gasteiger partial charge in [-0.05, 0) is 161 Å². The van der Waals surface area contributed by atoms with Gasteiger partial charge in [-0.15, -0.1) is 0 Å². The minimum atomic E-state index is -4.13. The summed E-state index contributed by atoms with van der Waals surface area (Å²) in [5.41, 5.74) is 8.00. The van der Waals surface area contributed by atoms with Gasteiger partial charge in [-0.2, -0.15) is 0 Å². The van der Waals surface area contributed by atoms with E-state index in [1.54, 1.807) is 27.7 Å². The second-order valence-electron chi connectivity index (χ2n) is 19.7. The Labute approximate surface area is 504 Å². The summed E-state index contributed by atoms with van der Waals surface area (Å²) in [5, 5.41) is 2.78. The summed E-state index contributed by atoms with van der Waals surface area (Å²) in [4.78, 5) is 80.9. The zero-order valence-electron chi connectivity index (χ0n) is 47.8. The summed E-state index contributed by atoms with van der Waals surface area (Å²) >= 11 is 0. The Morgan fingerprint density at radius 1 is 0.341 bits per heavy atom. The van der Waals surface area contributed by atoms with Crippen LogP contribution in [0.2, 0.25) is 0 Å². The Morgan fingerprint density at radius 2 is 0.612 bits per heavy atom. The second-order valence-corrected chi connectivity index (χ2v) is 25.5. The fourth-order valence-corrected chi connectivity index (χ4v) is 12.8. The second kappa shape index (κ2) is 30.0. The van der Waals surface area contributed by atoms with E-state index in [0.717, 1.165) is 22.3 Å². The molecule has 4 aromatic carbocycles. The maximum absolute atomic E-state index is 12.1. The van der Waals surface area contributed by atoms with Gasteiger partial charge in [0.2, 0.25) is 0 Å². The number of hydrogen-bond donors (Lipinski definition) is 4. The van der Waals surface area contributed by atoms with Crippen molar-refractivity contribution in [1.29, 1.82) is 0 Å². The standard InChI is InChI=1S/C56H68N8O16P4.Zn/c1-5-73-81(65,66)77-29-13-9-17-37-21-25-41-45(33-37)53-57-49(41)62-54-47-35-39(19-11-15-31-79-83(69,70)75-7-3)23-27-43(47)51(59-54)64-56-48-36-40(20-12-16-32-80-84(71,72)76-8-4)24-28-44(48)52(60-56)63-55-46-34-38(22-26-42(46)50(58-55)61-53)18-10-14-30-78-82(67,68)74-6-2;/h21-28,33-36H,5-20,29-32H2,1-4H3,(H4-2,57,58,59,60,61,62,63,64,65,66,67,68,69,70,71,72);/q-2;+2. The van der Waals surface area contributed by atoms with Crippen molar-refractivity contribution in [2.45, 2.75) is 105 Å². The normalized spacial score (nSPS) is 15.0. The predicted octanol–water partition coefficient (Wildman–Crippen LogP) is 12.0. The van der Waals surface area contributed by atoms with Gasteiger partial charge in [0.25, 0.3) is 0 Å². The van der Waals surface area contributed by atoms with Crippen LogP contribution in [0.3, 0.4) is 0 Å². The van der Waals surface area contributed by atoms with Crippen LogP contribution in [0.15, 0.2) is 72.8 Å². The third-order valence-electron chi connectivity index (χ3n) is 13.6. The molecule has 0 saturated heterocycles. The third-order valence-corrected chi connectivity index (χ3v) is 18.0. The van der Waals surface area contributed by atoms with Crippen LogP contribution in [0.25, 0.3) is 89.7 Å². The summed E-state index contributed by atoms with van der Waals surface area (Å²) in [6.45, 7) is 6.79. The number of rotatable bonds is 32. The van der Waals surface area contributed by atoms with E-state index in [0.29, 0.717) is 167 Å². The summed E-state index contributed by atoms with van der Waals surface area (Å²) in [5.74, 6) is 1.39. The minimum absolute atomic E-state index is 0. The fourth-order valence-electron chi connectivity index (χ4n) is 9.72. The number of nitrogens with zero attached hydrogens (tertiary/aromatic N) is 8. The summed E-state index contributed by atoms with van der Waals surface area (Å²) < 4.78 is 88.6. The largest absolute Gasteiger partial charge is 2.00 e. The molecule has 2 aliphatic heterocycles. The van der Waals surface area contributed by atoms with Crippen LogP contribution < -0.4 is 9.97 Å². The first kappa shape index (κ1) is 66.3. The van der Waals surface area contributed by atoms with Gasteiger partial charge in [-0.25, -0.2) is 28.2 Å². The fraction of sp³-hybridized carbons (Fsp3) is 0.429. The Kier molecular flexibility index (Phi) is 23.4. The van der Waals surface area contributed by atoms with E-state index in [1.165, 1.54) is 0 Å². The van der Waals surface area contributed by atoms with Crippen LogP contribution in [-0.4, -0.2) is 102 Å². The van der Waals surface area contributed by atoms with Crippen LogP contribution in [0, 0.1) is 0 Å². The number of benzene rings is 4. The molecule has 8 bridgehead atoms. The molecule has 9 rings (SSSR count). The minimum Gasteiger partial charge on any atom is -0.357 e. The van der Waals surface area contributed by atoms with Crippen LogP contribution in [-0.2, 0) is 99.6 Å². The quantitative estimate of drug-likeness (QED) is 0.0173. The molecule has 0 aliphatic carbocycles. The molecular weight excluding hydrogens is 1230 g/mol. The van der Waals surface area contributed by atoms with E-state index in [2.05, 4.69) is 0 Å². The number of phosphoric acid groups is 4. The van der Waals surface area contributed by atoms with Crippen molar-refractivity contribution in [3.05, 3.63) is 95.1 Å². The van der Waals surface area contributed by atoms with Gasteiger partial charge in [0.1, 0.15) is 0 Å². The molecule has 450 valence electrons. The smallest absolute Gasteiger partial charge is 0.357 e. The molecule has 4 N–H and O–H groups in total. The van der Waals surface area contributed by atoms with Gasteiger partial charge in [0, 0.05) is 44.8 Å². The summed E-state index contributed by atoms with van der Waals surface area (Å²) in [7, 11) is -16.5. The number of aryl methyl sites for hydroxylation is 4. The Balaban J connectivity index is 0.00000940. The maximum atomic E-state index is 12.1. The summed E-state index contributed by atoms with van der Waals surface area (Å²) in [6.07, 6.45) is 6.92. The first-order chi connectivity index (χ1) is 40.4. The summed E-state index contributed by atoms with van der Waals surface area (Å²) in [6, 6.07) is 23.8. The van der Waals surface area contributed by atoms with Gasteiger partial charge in [-0.1, -0.05) is 60.7 Å². The van der Waals surface area contributed by atoms with Gasteiger partial charge in [-0.3, -0.25) is 36.2 Å².